The molecule has 0 saturated heterocycles. The van der Waals surface area contributed by atoms with E-state index in [2.05, 4.69) is 9.97 Å². The van der Waals surface area contributed by atoms with Gasteiger partial charge in [0, 0.05) is 18.0 Å². The van der Waals surface area contributed by atoms with E-state index in [4.69, 9.17) is 4.74 Å². The molecule has 2 aromatic rings. The third-order valence-corrected chi connectivity index (χ3v) is 2.84. The summed E-state index contributed by atoms with van der Waals surface area (Å²) in [5.74, 6) is -0.870. The van der Waals surface area contributed by atoms with Crippen LogP contribution < -0.4 is 4.74 Å². The van der Waals surface area contributed by atoms with Gasteiger partial charge in [0.25, 0.3) is 0 Å². The van der Waals surface area contributed by atoms with Crippen molar-refractivity contribution in [3.8, 4) is 5.75 Å². The Bertz CT molecular complexity index is 566. The highest BCUT2D eigenvalue weighted by atomic mass is 19.1. The van der Waals surface area contributed by atoms with Crippen molar-refractivity contribution in [3.63, 3.8) is 0 Å². The number of carbonyl (C=O) groups excluding carboxylic acids is 1. The number of aromatic nitrogens is 2. The number of rotatable bonds is 1. The zero-order chi connectivity index (χ0) is 11.8. The van der Waals surface area contributed by atoms with Crippen LogP contribution in [0.25, 0.3) is 0 Å². The van der Waals surface area contributed by atoms with E-state index in [1.54, 1.807) is 12.3 Å². The van der Waals surface area contributed by atoms with Crippen LogP contribution in [0.3, 0.4) is 0 Å². The second-order valence-corrected chi connectivity index (χ2v) is 3.94. The highest BCUT2D eigenvalue weighted by Gasteiger charge is 2.30. The van der Waals surface area contributed by atoms with E-state index < -0.39 is 11.7 Å². The number of nitrogens with one attached hydrogen (secondary N) is 1. The zero-order valence-corrected chi connectivity index (χ0v) is 8.81. The molecule has 3 rings (SSSR count). The number of ether oxygens (including phenoxy) is 1. The second kappa shape index (κ2) is 3.69. The van der Waals surface area contributed by atoms with Gasteiger partial charge in [0.2, 0.25) is 0 Å². The molecule has 0 amide bonds. The molecule has 0 saturated carbocycles. The van der Waals surface area contributed by atoms with Crippen LogP contribution in [0.15, 0.2) is 30.7 Å². The zero-order valence-electron chi connectivity index (χ0n) is 8.81. The van der Waals surface area contributed by atoms with Gasteiger partial charge in [0.05, 0.1) is 6.33 Å². The minimum Gasteiger partial charge on any atom is -0.426 e. The fourth-order valence-corrected chi connectivity index (χ4v) is 1.97. The summed E-state index contributed by atoms with van der Waals surface area (Å²) in [6, 6.07) is 4.24. The number of H-pyrrole nitrogens is 1. The van der Waals surface area contributed by atoms with Crippen LogP contribution >= 0.6 is 0 Å². The fraction of sp³-hybridized carbons (Fsp3) is 0.167. The van der Waals surface area contributed by atoms with Crippen LogP contribution in [0.4, 0.5) is 4.39 Å². The summed E-state index contributed by atoms with van der Waals surface area (Å²) in [6.45, 7) is 0. The van der Waals surface area contributed by atoms with Gasteiger partial charge in [0.1, 0.15) is 17.5 Å². The average molecular weight is 232 g/mol. The summed E-state index contributed by atoms with van der Waals surface area (Å²) in [4.78, 5) is 18.5. The molecule has 86 valence electrons. The average Bonchev–Trinajstić information content (AvgIpc) is 2.81. The summed E-state index contributed by atoms with van der Waals surface area (Å²) >= 11 is 0. The van der Waals surface area contributed by atoms with Gasteiger partial charge in [-0.05, 0) is 18.1 Å². The van der Waals surface area contributed by atoms with Crippen LogP contribution in [0.1, 0.15) is 17.2 Å². The number of imidazole rings is 1. The molecule has 0 radical (unpaired) electrons. The lowest BCUT2D eigenvalue weighted by molar-refractivity contribution is -0.137. The number of hydrogen-bond donors (Lipinski definition) is 1. The van der Waals surface area contributed by atoms with Crippen molar-refractivity contribution in [3.05, 3.63) is 47.8 Å². The largest absolute Gasteiger partial charge is 0.426 e. The number of hydrogen-bond acceptors (Lipinski definition) is 3. The highest BCUT2D eigenvalue weighted by molar-refractivity contribution is 5.82. The lowest BCUT2D eigenvalue weighted by Crippen LogP contribution is -2.26. The van der Waals surface area contributed by atoms with Crippen LogP contribution in [-0.4, -0.2) is 15.9 Å². The minimum absolute atomic E-state index is 0.311. The molecule has 0 bridgehead atoms. The van der Waals surface area contributed by atoms with Crippen molar-refractivity contribution in [2.24, 2.45) is 0 Å². The lowest BCUT2D eigenvalue weighted by Gasteiger charge is -2.22. The van der Waals surface area contributed by atoms with Crippen molar-refractivity contribution in [1.82, 2.24) is 9.97 Å². The summed E-state index contributed by atoms with van der Waals surface area (Å²) < 4.78 is 18.1. The molecule has 1 unspecified atom stereocenters. The van der Waals surface area contributed by atoms with Crippen LogP contribution in [0, 0.1) is 5.82 Å². The van der Waals surface area contributed by atoms with Crippen LogP contribution in [0.5, 0.6) is 5.75 Å². The molecule has 1 aliphatic rings. The van der Waals surface area contributed by atoms with Crippen molar-refractivity contribution < 1.29 is 13.9 Å². The summed E-state index contributed by atoms with van der Waals surface area (Å²) in [7, 11) is 0. The van der Waals surface area contributed by atoms with E-state index in [0.29, 0.717) is 17.9 Å². The van der Waals surface area contributed by atoms with E-state index in [1.165, 1.54) is 18.5 Å². The summed E-state index contributed by atoms with van der Waals surface area (Å²) in [5, 5.41) is 0. The van der Waals surface area contributed by atoms with Gasteiger partial charge in [0.15, 0.2) is 0 Å². The number of esters is 1. The Hall–Kier alpha value is -2.17. The molecule has 17 heavy (non-hydrogen) atoms. The molecule has 1 atom stereocenters. The Morgan fingerprint density at radius 3 is 3.12 bits per heavy atom. The van der Waals surface area contributed by atoms with Gasteiger partial charge >= 0.3 is 5.97 Å². The third-order valence-electron chi connectivity index (χ3n) is 2.84. The lowest BCUT2D eigenvalue weighted by atomic mass is 9.94. The Morgan fingerprint density at radius 1 is 1.47 bits per heavy atom. The van der Waals surface area contributed by atoms with Crippen molar-refractivity contribution in [2.75, 3.05) is 0 Å². The number of halogens is 1. The van der Waals surface area contributed by atoms with Gasteiger partial charge in [-0.15, -0.1) is 0 Å². The van der Waals surface area contributed by atoms with Crippen LogP contribution in [0.2, 0.25) is 0 Å². The Balaban J connectivity index is 1.98. The Kier molecular flexibility index (Phi) is 2.18. The standard InChI is InChI=1S/C12H9FN2O2/c13-8-2-1-7-3-9(10-5-14-6-15-10)12(16)17-11(7)4-8/h1-2,4-6,9H,3H2,(H,14,15). The van der Waals surface area contributed by atoms with Gasteiger partial charge in [-0.25, -0.2) is 9.37 Å². The van der Waals surface area contributed by atoms with E-state index in [9.17, 15) is 9.18 Å². The van der Waals surface area contributed by atoms with E-state index in [1.807, 2.05) is 0 Å². The van der Waals surface area contributed by atoms with E-state index in [-0.39, 0.29) is 5.97 Å². The maximum absolute atomic E-state index is 13.0. The maximum atomic E-state index is 13.0. The van der Waals surface area contributed by atoms with E-state index in [0.717, 1.165) is 5.56 Å². The normalized spacial score (nSPS) is 18.6. The predicted molar refractivity (Wildman–Crippen MR) is 57.1 cm³/mol. The number of fused-ring (bicyclic) bond motifs is 1. The topological polar surface area (TPSA) is 55.0 Å². The molecule has 5 heteroatoms. The fourth-order valence-electron chi connectivity index (χ4n) is 1.97. The first kappa shape index (κ1) is 10.0. The molecule has 1 aromatic heterocycles. The first-order valence-corrected chi connectivity index (χ1v) is 5.22. The molecular weight excluding hydrogens is 223 g/mol. The molecular formula is C12H9FN2O2. The number of aromatic amines is 1. The highest BCUT2D eigenvalue weighted by Crippen LogP contribution is 2.32. The minimum atomic E-state index is -0.406. The Morgan fingerprint density at radius 2 is 2.35 bits per heavy atom. The van der Waals surface area contributed by atoms with Gasteiger partial charge in [-0.2, -0.15) is 0 Å². The number of benzene rings is 1. The maximum Gasteiger partial charge on any atom is 0.320 e. The Labute approximate surface area is 96.4 Å². The summed E-state index contributed by atoms with van der Waals surface area (Å²) in [6.07, 6.45) is 3.61. The van der Waals surface area contributed by atoms with Gasteiger partial charge in [-0.1, -0.05) is 6.07 Å². The molecule has 2 heterocycles. The SMILES string of the molecule is O=C1Oc2cc(F)ccc2CC1c1cnc[nH]1. The molecule has 1 N–H and O–H groups in total. The predicted octanol–water partition coefficient (Wildman–Crippen LogP) is 1.79. The van der Waals surface area contributed by atoms with E-state index >= 15 is 0 Å². The van der Waals surface area contributed by atoms with Gasteiger partial charge < -0.3 is 9.72 Å². The van der Waals surface area contributed by atoms with Crippen molar-refractivity contribution in [2.45, 2.75) is 12.3 Å². The molecule has 0 fully saturated rings. The monoisotopic (exact) mass is 232 g/mol. The molecule has 1 aliphatic heterocycles. The molecule has 0 spiro atoms. The van der Waals surface area contributed by atoms with Crippen molar-refractivity contribution >= 4 is 5.97 Å². The summed E-state index contributed by atoms with van der Waals surface area (Å²) in [5.41, 5.74) is 1.54. The van der Waals surface area contributed by atoms with Crippen LogP contribution in [-0.2, 0) is 11.2 Å². The van der Waals surface area contributed by atoms with Gasteiger partial charge in [-0.3, -0.25) is 4.79 Å². The number of nitrogens with zero attached hydrogens (tertiary/aromatic N) is 1. The quantitative estimate of drug-likeness (QED) is 0.602. The first-order chi connectivity index (χ1) is 8.24. The molecule has 4 nitrogen and oxygen atoms in total. The first-order valence-electron chi connectivity index (χ1n) is 5.22. The second-order valence-electron chi connectivity index (χ2n) is 3.94. The number of carbonyl (C=O) groups is 1. The van der Waals surface area contributed by atoms with Crippen molar-refractivity contribution in [1.29, 1.82) is 0 Å². The third kappa shape index (κ3) is 1.69. The molecule has 1 aromatic carbocycles. The smallest absolute Gasteiger partial charge is 0.320 e. The molecule has 0 aliphatic carbocycles.